The molecular weight excluding hydrogens is 500 g/mol. The third kappa shape index (κ3) is 4.93. The molecule has 1 atom stereocenters. The Morgan fingerprint density at radius 2 is 1.83 bits per heavy atom. The van der Waals surface area contributed by atoms with Gasteiger partial charge in [0, 0.05) is 16.2 Å². The van der Waals surface area contributed by atoms with Crippen LogP contribution in [0, 0.1) is 5.82 Å². The van der Waals surface area contributed by atoms with Crippen molar-refractivity contribution in [2.24, 2.45) is 0 Å². The molecule has 1 aliphatic rings. The van der Waals surface area contributed by atoms with Crippen molar-refractivity contribution in [2.75, 3.05) is 6.61 Å². The minimum Gasteiger partial charge on any atom is -0.372 e. The van der Waals surface area contributed by atoms with Crippen LogP contribution in [0.15, 0.2) is 72.8 Å². The molecule has 8 heteroatoms. The molecule has 5 rings (SSSR count). The Kier molecular flexibility index (Phi) is 6.92. The zero-order chi connectivity index (χ0) is 25.2. The predicted octanol–water partition coefficient (Wildman–Crippen LogP) is 6.88. The number of rotatable bonds is 5. The molecule has 0 saturated carbocycles. The quantitative estimate of drug-likeness (QED) is 0.311. The Morgan fingerprint density at radius 1 is 1.08 bits per heavy atom. The van der Waals surface area contributed by atoms with Gasteiger partial charge in [0.25, 0.3) is 5.91 Å². The topological polar surface area (TPSA) is 56.2 Å². The third-order valence-electron chi connectivity index (χ3n) is 6.00. The molecular formula is C28H22Cl2FN3O2. The van der Waals surface area contributed by atoms with Gasteiger partial charge in [-0.15, -0.1) is 0 Å². The molecule has 3 aromatic carbocycles. The number of nitrogens with one attached hydrogen (secondary N) is 1. The molecule has 0 unspecified atom stereocenters. The van der Waals surface area contributed by atoms with Crippen molar-refractivity contribution in [1.29, 1.82) is 0 Å². The number of nitrogens with zero attached hydrogens (tertiary/aromatic N) is 2. The van der Waals surface area contributed by atoms with Crippen LogP contribution in [0.3, 0.4) is 0 Å². The highest BCUT2D eigenvalue weighted by Crippen LogP contribution is 2.35. The molecule has 4 aromatic rings. The molecule has 0 radical (unpaired) electrons. The van der Waals surface area contributed by atoms with Crippen LogP contribution in [-0.2, 0) is 11.3 Å². The first-order valence-corrected chi connectivity index (χ1v) is 12.1. The number of carbonyl (C=O) groups is 1. The summed E-state index contributed by atoms with van der Waals surface area (Å²) in [5.74, 6) is -0.639. The summed E-state index contributed by atoms with van der Waals surface area (Å²) in [6.45, 7) is 2.43. The standard InChI is InChI=1S/C28H22Cl2FN3O2/c1-17(19-5-3-2-4-6-19)32-28(35)26-23-16-36-15-20(13-18-7-10-22(31)11-8-18)27(23)34(33-26)25-12-9-21(29)14-24(25)30/h2-14,17H,15-16H2,1H3,(H,32,35)/b20-13+/t17-/m0/s1. The highest BCUT2D eigenvalue weighted by Gasteiger charge is 2.30. The van der Waals surface area contributed by atoms with Crippen LogP contribution in [0.4, 0.5) is 4.39 Å². The molecule has 0 saturated heterocycles. The van der Waals surface area contributed by atoms with E-state index in [1.54, 1.807) is 35.0 Å². The molecule has 0 bridgehead atoms. The minimum absolute atomic E-state index is 0.212. The van der Waals surface area contributed by atoms with Crippen molar-refractivity contribution >= 4 is 40.8 Å². The SMILES string of the molecule is C[C@H](NC(=O)c1nn(-c2ccc(Cl)cc2Cl)c2c1COC/C2=C\c1ccc(F)cc1)c1ccccc1. The zero-order valence-corrected chi connectivity index (χ0v) is 20.9. The average molecular weight is 522 g/mol. The summed E-state index contributed by atoms with van der Waals surface area (Å²) < 4.78 is 21.0. The lowest BCUT2D eigenvalue weighted by Gasteiger charge is -2.20. The molecule has 36 heavy (non-hydrogen) atoms. The van der Waals surface area contributed by atoms with Gasteiger partial charge in [-0.25, -0.2) is 9.07 Å². The van der Waals surface area contributed by atoms with Gasteiger partial charge in [0.2, 0.25) is 0 Å². The Bertz CT molecular complexity index is 1450. The number of carbonyl (C=O) groups excluding carboxylic acids is 1. The number of hydrogen-bond donors (Lipinski definition) is 1. The van der Waals surface area contributed by atoms with Crippen molar-refractivity contribution in [2.45, 2.75) is 19.6 Å². The lowest BCUT2D eigenvalue weighted by atomic mass is 10.0. The highest BCUT2D eigenvalue weighted by atomic mass is 35.5. The van der Waals surface area contributed by atoms with Gasteiger partial charge in [-0.3, -0.25) is 4.79 Å². The molecule has 182 valence electrons. The molecule has 1 N–H and O–H groups in total. The number of ether oxygens (including phenoxy) is 1. The summed E-state index contributed by atoms with van der Waals surface area (Å²) in [6.07, 6.45) is 1.90. The summed E-state index contributed by atoms with van der Waals surface area (Å²) in [4.78, 5) is 13.4. The Hall–Kier alpha value is -3.45. The van der Waals surface area contributed by atoms with Crippen molar-refractivity contribution in [3.05, 3.63) is 117 Å². The number of benzene rings is 3. The van der Waals surface area contributed by atoms with Crippen molar-refractivity contribution in [3.8, 4) is 5.69 Å². The Labute approximate surface area is 218 Å². The second-order valence-corrected chi connectivity index (χ2v) is 9.35. The van der Waals surface area contributed by atoms with Crippen LogP contribution in [-0.4, -0.2) is 22.3 Å². The summed E-state index contributed by atoms with van der Waals surface area (Å²) in [5, 5.41) is 8.62. The van der Waals surface area contributed by atoms with Gasteiger partial charge >= 0.3 is 0 Å². The van der Waals surface area contributed by atoms with E-state index in [0.29, 0.717) is 33.6 Å². The largest absolute Gasteiger partial charge is 0.372 e. The third-order valence-corrected chi connectivity index (χ3v) is 6.54. The monoisotopic (exact) mass is 521 g/mol. The van der Waals surface area contributed by atoms with E-state index in [9.17, 15) is 9.18 Å². The first-order valence-electron chi connectivity index (χ1n) is 11.4. The van der Waals surface area contributed by atoms with Crippen LogP contribution in [0.1, 0.15) is 45.8 Å². The maximum absolute atomic E-state index is 13.5. The van der Waals surface area contributed by atoms with Crippen molar-refractivity contribution < 1.29 is 13.9 Å². The molecule has 0 fully saturated rings. The van der Waals surface area contributed by atoms with Crippen molar-refractivity contribution in [1.82, 2.24) is 15.1 Å². The smallest absolute Gasteiger partial charge is 0.272 e. The number of hydrogen-bond acceptors (Lipinski definition) is 3. The zero-order valence-electron chi connectivity index (χ0n) is 19.3. The van der Waals surface area contributed by atoms with Gasteiger partial charge < -0.3 is 10.1 Å². The molecule has 0 aliphatic carbocycles. The van der Waals surface area contributed by atoms with Crippen LogP contribution in [0.25, 0.3) is 17.3 Å². The molecule has 2 heterocycles. The number of aromatic nitrogens is 2. The molecule has 1 aliphatic heterocycles. The minimum atomic E-state index is -0.321. The van der Waals surface area contributed by atoms with E-state index in [1.165, 1.54) is 12.1 Å². The number of amides is 1. The summed E-state index contributed by atoms with van der Waals surface area (Å²) in [5.41, 5.74) is 4.76. The van der Waals surface area contributed by atoms with E-state index in [0.717, 1.165) is 16.7 Å². The van der Waals surface area contributed by atoms with E-state index >= 15 is 0 Å². The summed E-state index contributed by atoms with van der Waals surface area (Å²) >= 11 is 12.7. The average Bonchev–Trinajstić information content (AvgIpc) is 3.26. The normalized spacial score (nSPS) is 14.9. The van der Waals surface area contributed by atoms with Gasteiger partial charge in [-0.2, -0.15) is 5.10 Å². The van der Waals surface area contributed by atoms with E-state index in [2.05, 4.69) is 5.32 Å². The first kappa shape index (κ1) is 24.3. The van der Waals surface area contributed by atoms with Crippen LogP contribution >= 0.6 is 23.2 Å². The second kappa shape index (κ2) is 10.3. The lowest BCUT2D eigenvalue weighted by Crippen LogP contribution is -2.28. The van der Waals surface area contributed by atoms with E-state index in [1.807, 2.05) is 43.3 Å². The maximum atomic E-state index is 13.5. The number of fused-ring (bicyclic) bond motifs is 1. The highest BCUT2D eigenvalue weighted by molar-refractivity contribution is 6.35. The van der Waals surface area contributed by atoms with Crippen LogP contribution in [0.2, 0.25) is 10.0 Å². The molecule has 5 nitrogen and oxygen atoms in total. The van der Waals surface area contributed by atoms with E-state index < -0.39 is 0 Å². The fraction of sp³-hybridized carbons (Fsp3) is 0.143. The summed E-state index contributed by atoms with van der Waals surface area (Å²) in [6, 6.07) is 20.7. The Morgan fingerprint density at radius 3 is 2.56 bits per heavy atom. The van der Waals surface area contributed by atoms with E-state index in [4.69, 9.17) is 33.0 Å². The fourth-order valence-corrected chi connectivity index (χ4v) is 4.71. The number of halogens is 3. The predicted molar refractivity (Wildman–Crippen MR) is 140 cm³/mol. The Balaban J connectivity index is 1.61. The maximum Gasteiger partial charge on any atom is 0.272 e. The molecule has 0 spiro atoms. The van der Waals surface area contributed by atoms with Gasteiger partial charge in [0.05, 0.1) is 35.7 Å². The van der Waals surface area contributed by atoms with Gasteiger partial charge in [-0.05, 0) is 54.5 Å². The van der Waals surface area contributed by atoms with Gasteiger partial charge in [0.15, 0.2) is 5.69 Å². The van der Waals surface area contributed by atoms with Gasteiger partial charge in [0.1, 0.15) is 5.82 Å². The van der Waals surface area contributed by atoms with Crippen molar-refractivity contribution in [3.63, 3.8) is 0 Å². The van der Waals surface area contributed by atoms with Crippen LogP contribution in [0.5, 0.6) is 0 Å². The van der Waals surface area contributed by atoms with Crippen LogP contribution < -0.4 is 5.32 Å². The first-order chi connectivity index (χ1) is 17.4. The fourth-order valence-electron chi connectivity index (χ4n) is 4.22. The summed E-state index contributed by atoms with van der Waals surface area (Å²) in [7, 11) is 0. The molecule has 1 amide bonds. The van der Waals surface area contributed by atoms with Gasteiger partial charge in [-0.1, -0.05) is 65.7 Å². The van der Waals surface area contributed by atoms with E-state index in [-0.39, 0.29) is 30.1 Å². The lowest BCUT2D eigenvalue weighted by molar-refractivity contribution is 0.0926. The molecule has 1 aromatic heterocycles. The second-order valence-electron chi connectivity index (χ2n) is 8.50.